The molecule has 1 aliphatic rings. The Morgan fingerprint density at radius 3 is 2.66 bits per heavy atom. The van der Waals surface area contributed by atoms with E-state index in [1.807, 2.05) is 18.3 Å². The zero-order valence-electron chi connectivity index (χ0n) is 17.4. The minimum atomic E-state index is -0.0656. The SMILES string of the molecule is CC[C@H](C)n1ccc2c(C(=O)NC)cc(-c3ccc(N4CCNCC4)nc3)cc21. The van der Waals surface area contributed by atoms with Crippen LogP contribution in [0, 0.1) is 0 Å². The van der Waals surface area contributed by atoms with E-state index < -0.39 is 0 Å². The molecule has 1 atom stereocenters. The minimum Gasteiger partial charge on any atom is -0.355 e. The van der Waals surface area contributed by atoms with Gasteiger partial charge >= 0.3 is 0 Å². The van der Waals surface area contributed by atoms with Crippen LogP contribution in [0.1, 0.15) is 36.7 Å². The lowest BCUT2D eigenvalue weighted by Crippen LogP contribution is -2.43. The molecule has 6 nitrogen and oxygen atoms in total. The van der Waals surface area contributed by atoms with Crippen LogP contribution in [0.3, 0.4) is 0 Å². The molecule has 3 heterocycles. The maximum atomic E-state index is 12.6. The van der Waals surface area contributed by atoms with Gasteiger partial charge in [0.05, 0.1) is 0 Å². The topological polar surface area (TPSA) is 62.2 Å². The van der Waals surface area contributed by atoms with Crippen LogP contribution in [0.25, 0.3) is 22.0 Å². The highest BCUT2D eigenvalue weighted by molar-refractivity contribution is 6.08. The number of amides is 1. The van der Waals surface area contributed by atoms with Crippen LogP contribution in [0.15, 0.2) is 42.7 Å². The quantitative estimate of drug-likeness (QED) is 0.699. The van der Waals surface area contributed by atoms with Gasteiger partial charge in [-0.3, -0.25) is 4.79 Å². The van der Waals surface area contributed by atoms with Gasteiger partial charge in [-0.25, -0.2) is 4.98 Å². The molecule has 0 bridgehead atoms. The molecule has 1 aliphatic heterocycles. The molecule has 0 aliphatic carbocycles. The van der Waals surface area contributed by atoms with Gasteiger partial charge in [-0.2, -0.15) is 0 Å². The molecule has 152 valence electrons. The monoisotopic (exact) mass is 391 g/mol. The predicted molar refractivity (Wildman–Crippen MR) is 119 cm³/mol. The number of hydrogen-bond acceptors (Lipinski definition) is 4. The first kappa shape index (κ1) is 19.5. The van der Waals surface area contributed by atoms with Gasteiger partial charge in [0, 0.05) is 73.7 Å². The summed E-state index contributed by atoms with van der Waals surface area (Å²) >= 11 is 0. The van der Waals surface area contributed by atoms with E-state index in [0.29, 0.717) is 11.6 Å². The second-order valence-electron chi connectivity index (χ2n) is 7.66. The Hall–Kier alpha value is -2.86. The highest BCUT2D eigenvalue weighted by atomic mass is 16.1. The lowest BCUT2D eigenvalue weighted by molar-refractivity contribution is 0.0965. The Morgan fingerprint density at radius 1 is 1.21 bits per heavy atom. The smallest absolute Gasteiger partial charge is 0.251 e. The number of anilines is 1. The molecule has 2 aromatic heterocycles. The number of hydrogen-bond donors (Lipinski definition) is 2. The summed E-state index contributed by atoms with van der Waals surface area (Å²) in [6.07, 6.45) is 5.04. The Kier molecular flexibility index (Phi) is 5.53. The molecule has 0 saturated carbocycles. The third-order valence-electron chi connectivity index (χ3n) is 5.90. The highest BCUT2D eigenvalue weighted by Crippen LogP contribution is 2.31. The van der Waals surface area contributed by atoms with Gasteiger partial charge in [0.1, 0.15) is 5.82 Å². The van der Waals surface area contributed by atoms with Gasteiger partial charge in [0.15, 0.2) is 0 Å². The molecule has 29 heavy (non-hydrogen) atoms. The van der Waals surface area contributed by atoms with Crippen LogP contribution >= 0.6 is 0 Å². The second kappa shape index (κ2) is 8.25. The van der Waals surface area contributed by atoms with Crippen LogP contribution in [0.4, 0.5) is 5.82 Å². The predicted octanol–water partition coefficient (Wildman–Crippen LogP) is 3.44. The van der Waals surface area contributed by atoms with Gasteiger partial charge in [0.2, 0.25) is 0 Å². The number of carbonyl (C=O) groups excluding carboxylic acids is 1. The number of rotatable bonds is 5. The fourth-order valence-electron chi connectivity index (χ4n) is 3.97. The second-order valence-corrected chi connectivity index (χ2v) is 7.66. The van der Waals surface area contributed by atoms with Gasteiger partial charge in [-0.15, -0.1) is 0 Å². The first-order valence-corrected chi connectivity index (χ1v) is 10.4. The molecular formula is C23H29N5O. The lowest BCUT2D eigenvalue weighted by Gasteiger charge is -2.28. The van der Waals surface area contributed by atoms with Gasteiger partial charge in [-0.1, -0.05) is 6.92 Å². The average Bonchev–Trinajstić information content (AvgIpc) is 3.22. The largest absolute Gasteiger partial charge is 0.355 e. The van der Waals surface area contributed by atoms with E-state index in [0.717, 1.165) is 60.4 Å². The van der Waals surface area contributed by atoms with Crippen molar-refractivity contribution in [1.82, 2.24) is 20.2 Å². The number of nitrogens with one attached hydrogen (secondary N) is 2. The summed E-state index contributed by atoms with van der Waals surface area (Å²) in [6, 6.07) is 10.8. The van der Waals surface area contributed by atoms with Crippen molar-refractivity contribution in [2.24, 2.45) is 0 Å². The molecule has 0 radical (unpaired) electrons. The van der Waals surface area contributed by atoms with Gasteiger partial charge in [0.25, 0.3) is 5.91 Å². The number of pyridine rings is 1. The maximum Gasteiger partial charge on any atom is 0.251 e. The zero-order chi connectivity index (χ0) is 20.4. The molecule has 1 saturated heterocycles. The van der Waals surface area contributed by atoms with Crippen LogP contribution in [-0.4, -0.2) is 48.7 Å². The van der Waals surface area contributed by atoms with Crippen molar-refractivity contribution in [2.45, 2.75) is 26.3 Å². The van der Waals surface area contributed by atoms with E-state index in [1.54, 1.807) is 7.05 Å². The number of carbonyl (C=O) groups is 1. The Bertz CT molecular complexity index is 1000. The molecule has 0 spiro atoms. The standard InChI is InChI=1S/C23H29N5O/c1-4-16(2)28-10-7-19-20(23(29)24-3)13-18(14-21(19)28)17-5-6-22(26-15-17)27-11-8-25-9-12-27/h5-7,10,13-16,25H,4,8-9,11-12H2,1-3H3,(H,24,29)/t16-/m0/s1. The first-order valence-electron chi connectivity index (χ1n) is 10.4. The van der Waals surface area contributed by atoms with Crippen LogP contribution < -0.4 is 15.5 Å². The number of aromatic nitrogens is 2. The van der Waals surface area contributed by atoms with E-state index in [2.05, 4.69) is 58.3 Å². The number of fused-ring (bicyclic) bond motifs is 1. The summed E-state index contributed by atoms with van der Waals surface area (Å²) in [4.78, 5) is 19.6. The first-order chi connectivity index (χ1) is 14.1. The van der Waals surface area contributed by atoms with Crippen molar-refractivity contribution >= 4 is 22.6 Å². The fourth-order valence-corrected chi connectivity index (χ4v) is 3.97. The molecule has 1 aromatic carbocycles. The van der Waals surface area contributed by atoms with Crippen molar-refractivity contribution < 1.29 is 4.79 Å². The Labute approximate surface area is 171 Å². The summed E-state index contributed by atoms with van der Waals surface area (Å²) in [7, 11) is 1.68. The molecule has 6 heteroatoms. The summed E-state index contributed by atoms with van der Waals surface area (Å²) < 4.78 is 2.26. The molecule has 1 fully saturated rings. The minimum absolute atomic E-state index is 0.0656. The van der Waals surface area contributed by atoms with Crippen LogP contribution in [-0.2, 0) is 0 Å². The summed E-state index contributed by atoms with van der Waals surface area (Å²) in [6.45, 7) is 8.31. The maximum absolute atomic E-state index is 12.6. The van der Waals surface area contributed by atoms with Crippen molar-refractivity contribution in [2.75, 3.05) is 38.1 Å². The van der Waals surface area contributed by atoms with E-state index >= 15 is 0 Å². The summed E-state index contributed by atoms with van der Waals surface area (Å²) in [5.41, 5.74) is 3.82. The van der Waals surface area contributed by atoms with E-state index in [4.69, 9.17) is 4.98 Å². The Balaban J connectivity index is 1.77. The van der Waals surface area contributed by atoms with Gasteiger partial charge < -0.3 is 20.1 Å². The van der Waals surface area contributed by atoms with Crippen molar-refractivity contribution in [3.05, 3.63) is 48.3 Å². The molecule has 2 N–H and O–H groups in total. The number of benzene rings is 1. The number of piperazine rings is 1. The van der Waals surface area contributed by atoms with E-state index in [9.17, 15) is 4.79 Å². The fraction of sp³-hybridized carbons (Fsp3) is 0.391. The third-order valence-corrected chi connectivity index (χ3v) is 5.90. The average molecular weight is 392 g/mol. The third kappa shape index (κ3) is 3.72. The van der Waals surface area contributed by atoms with Gasteiger partial charge in [-0.05, 0) is 49.2 Å². The normalized spacial score (nSPS) is 15.5. The molecule has 0 unspecified atom stereocenters. The zero-order valence-corrected chi connectivity index (χ0v) is 17.4. The van der Waals surface area contributed by atoms with E-state index in [1.165, 1.54) is 0 Å². The van der Waals surface area contributed by atoms with Crippen LogP contribution in [0.2, 0.25) is 0 Å². The summed E-state index contributed by atoms with van der Waals surface area (Å²) in [5.74, 6) is 0.940. The van der Waals surface area contributed by atoms with Crippen molar-refractivity contribution in [3.8, 4) is 11.1 Å². The number of nitrogens with zero attached hydrogens (tertiary/aromatic N) is 3. The van der Waals surface area contributed by atoms with Crippen molar-refractivity contribution in [1.29, 1.82) is 0 Å². The summed E-state index contributed by atoms with van der Waals surface area (Å²) in [5, 5.41) is 7.13. The molecule has 3 aromatic rings. The lowest BCUT2D eigenvalue weighted by atomic mass is 10.0. The van der Waals surface area contributed by atoms with Crippen molar-refractivity contribution in [3.63, 3.8) is 0 Å². The Morgan fingerprint density at radius 2 is 2.00 bits per heavy atom. The van der Waals surface area contributed by atoms with E-state index in [-0.39, 0.29) is 5.91 Å². The molecular weight excluding hydrogens is 362 g/mol. The van der Waals surface area contributed by atoms with Crippen LogP contribution in [0.5, 0.6) is 0 Å². The molecule has 4 rings (SSSR count). The highest BCUT2D eigenvalue weighted by Gasteiger charge is 2.17. The molecule has 1 amide bonds.